The summed E-state index contributed by atoms with van der Waals surface area (Å²) in [5.74, 6) is 1.16. The van der Waals surface area contributed by atoms with Gasteiger partial charge in [0.25, 0.3) is 0 Å². The number of nitrogens with one attached hydrogen (secondary N) is 2. The molecule has 2 aliphatic rings. The first-order valence-corrected chi connectivity index (χ1v) is 10.5. The molecule has 1 aromatic carbocycles. The Kier molecular flexibility index (Phi) is 6.31. The normalized spacial score (nSPS) is 24.3. The Balaban J connectivity index is 2.01. The van der Waals surface area contributed by atoms with Crippen LogP contribution < -0.4 is 10.6 Å². The van der Waals surface area contributed by atoms with E-state index >= 15 is 0 Å². The fourth-order valence-electron chi connectivity index (χ4n) is 3.51. The number of benzene rings is 1. The number of nitrogens with zero attached hydrogens (tertiary/aromatic N) is 1. The first-order chi connectivity index (χ1) is 13.0. The quantitative estimate of drug-likeness (QED) is 0.775. The summed E-state index contributed by atoms with van der Waals surface area (Å²) in [5.41, 5.74) is 3.68. The van der Waals surface area contributed by atoms with Crippen LogP contribution in [-0.4, -0.2) is 48.1 Å². The van der Waals surface area contributed by atoms with Crippen molar-refractivity contribution in [2.75, 3.05) is 31.2 Å². The average Bonchev–Trinajstić information content (AvgIpc) is 2.64. The summed E-state index contributed by atoms with van der Waals surface area (Å²) in [6, 6.07) is 5.34. The van der Waals surface area contributed by atoms with Gasteiger partial charge in [-0.1, -0.05) is 23.8 Å². The SMILES string of the molecule is CCOC(=O)C1/C(=C/N2CCSCC2)NC(=O)NC1c1cc(C)ccc1C. The molecule has 6 nitrogen and oxygen atoms in total. The van der Waals surface area contributed by atoms with Crippen LogP contribution in [0.25, 0.3) is 0 Å². The van der Waals surface area contributed by atoms with E-state index in [1.165, 1.54) is 0 Å². The van der Waals surface area contributed by atoms with Crippen LogP contribution in [-0.2, 0) is 9.53 Å². The van der Waals surface area contributed by atoms with Crippen molar-refractivity contribution >= 4 is 23.8 Å². The maximum absolute atomic E-state index is 12.9. The molecule has 0 aromatic heterocycles. The van der Waals surface area contributed by atoms with Gasteiger partial charge in [-0.05, 0) is 31.9 Å². The Morgan fingerprint density at radius 1 is 1.33 bits per heavy atom. The average molecular weight is 390 g/mol. The number of carbonyl (C=O) groups excluding carboxylic acids is 2. The molecule has 0 aliphatic carbocycles. The number of carbonyl (C=O) groups is 2. The summed E-state index contributed by atoms with van der Waals surface area (Å²) >= 11 is 1.92. The van der Waals surface area contributed by atoms with E-state index in [1.807, 2.05) is 50.0 Å². The monoisotopic (exact) mass is 389 g/mol. The van der Waals surface area contributed by atoms with Crippen LogP contribution in [0.4, 0.5) is 4.79 Å². The second-order valence-corrected chi connectivity index (χ2v) is 8.12. The van der Waals surface area contributed by atoms with Crippen LogP contribution >= 0.6 is 11.8 Å². The smallest absolute Gasteiger partial charge is 0.319 e. The van der Waals surface area contributed by atoms with Crippen molar-refractivity contribution in [2.45, 2.75) is 26.8 Å². The molecule has 2 atom stereocenters. The van der Waals surface area contributed by atoms with E-state index < -0.39 is 12.0 Å². The van der Waals surface area contributed by atoms with Crippen molar-refractivity contribution in [3.63, 3.8) is 0 Å². The zero-order valence-corrected chi connectivity index (χ0v) is 16.9. The Morgan fingerprint density at radius 2 is 2.07 bits per heavy atom. The second-order valence-electron chi connectivity index (χ2n) is 6.90. The third-order valence-corrected chi connectivity index (χ3v) is 5.83. The number of hydrogen-bond donors (Lipinski definition) is 2. The molecule has 0 radical (unpaired) electrons. The van der Waals surface area contributed by atoms with Crippen molar-refractivity contribution in [3.8, 4) is 0 Å². The Morgan fingerprint density at radius 3 is 2.78 bits per heavy atom. The fraction of sp³-hybridized carbons (Fsp3) is 0.500. The highest BCUT2D eigenvalue weighted by Gasteiger charge is 2.40. The van der Waals surface area contributed by atoms with Gasteiger partial charge in [-0.15, -0.1) is 0 Å². The number of esters is 1. The molecule has 2 heterocycles. The highest BCUT2D eigenvalue weighted by molar-refractivity contribution is 7.99. The molecule has 27 heavy (non-hydrogen) atoms. The lowest BCUT2D eigenvalue weighted by Crippen LogP contribution is -2.52. The highest BCUT2D eigenvalue weighted by atomic mass is 32.2. The first kappa shape index (κ1) is 19.6. The molecule has 0 saturated carbocycles. The zero-order valence-electron chi connectivity index (χ0n) is 16.1. The summed E-state index contributed by atoms with van der Waals surface area (Å²) in [4.78, 5) is 27.4. The van der Waals surface area contributed by atoms with E-state index in [1.54, 1.807) is 6.92 Å². The number of ether oxygens (including phenoxy) is 1. The Hall–Kier alpha value is -2.15. The second kappa shape index (κ2) is 8.69. The molecule has 1 aromatic rings. The van der Waals surface area contributed by atoms with E-state index in [4.69, 9.17) is 4.74 Å². The highest BCUT2D eigenvalue weighted by Crippen LogP contribution is 2.33. The van der Waals surface area contributed by atoms with E-state index in [2.05, 4.69) is 15.5 Å². The van der Waals surface area contributed by atoms with Crippen LogP contribution in [0.5, 0.6) is 0 Å². The van der Waals surface area contributed by atoms with Crippen LogP contribution in [0.2, 0.25) is 0 Å². The summed E-state index contributed by atoms with van der Waals surface area (Å²) in [6.07, 6.45) is 1.93. The lowest BCUT2D eigenvalue weighted by atomic mass is 9.86. The topological polar surface area (TPSA) is 70.7 Å². The summed E-state index contributed by atoms with van der Waals surface area (Å²) in [7, 11) is 0. The number of aryl methyl sites for hydroxylation is 2. The largest absolute Gasteiger partial charge is 0.465 e. The van der Waals surface area contributed by atoms with Crippen LogP contribution in [0.3, 0.4) is 0 Å². The number of amides is 2. The lowest BCUT2D eigenvalue weighted by Gasteiger charge is -2.36. The van der Waals surface area contributed by atoms with Gasteiger partial charge in [0.1, 0.15) is 5.92 Å². The maximum atomic E-state index is 12.9. The lowest BCUT2D eigenvalue weighted by molar-refractivity contribution is -0.148. The molecule has 0 bridgehead atoms. The van der Waals surface area contributed by atoms with Crippen LogP contribution in [0, 0.1) is 19.8 Å². The number of hydrogen-bond acceptors (Lipinski definition) is 5. The zero-order chi connectivity index (χ0) is 19.4. The van der Waals surface area contributed by atoms with Gasteiger partial charge in [-0.25, -0.2) is 4.79 Å². The van der Waals surface area contributed by atoms with E-state index in [0.29, 0.717) is 12.3 Å². The van der Waals surface area contributed by atoms with Crippen molar-refractivity contribution in [1.29, 1.82) is 0 Å². The summed E-state index contributed by atoms with van der Waals surface area (Å²) in [5, 5.41) is 5.79. The van der Waals surface area contributed by atoms with E-state index in [9.17, 15) is 9.59 Å². The van der Waals surface area contributed by atoms with Crippen LogP contribution in [0.1, 0.15) is 29.7 Å². The fourth-order valence-corrected chi connectivity index (χ4v) is 4.44. The van der Waals surface area contributed by atoms with Gasteiger partial charge in [0.15, 0.2) is 0 Å². The molecule has 2 fully saturated rings. The Labute approximate surface area is 164 Å². The molecular formula is C20H27N3O3S. The van der Waals surface area contributed by atoms with Gasteiger partial charge >= 0.3 is 12.0 Å². The van der Waals surface area contributed by atoms with Crippen LogP contribution in [0.15, 0.2) is 30.1 Å². The minimum atomic E-state index is -0.599. The van der Waals surface area contributed by atoms with E-state index in [0.717, 1.165) is 41.3 Å². The molecular weight excluding hydrogens is 362 g/mol. The summed E-state index contributed by atoms with van der Waals surface area (Å²) < 4.78 is 5.36. The molecule has 0 spiro atoms. The van der Waals surface area contributed by atoms with Gasteiger partial charge in [0.2, 0.25) is 0 Å². The standard InChI is InChI=1S/C20H27N3O3S/c1-4-26-19(24)17-16(12-23-7-9-27-10-8-23)21-20(25)22-18(17)15-11-13(2)5-6-14(15)3/h5-6,11-12,17-18H,4,7-10H2,1-3H3,(H2,21,22,25)/b16-12-. The molecule has 2 saturated heterocycles. The number of urea groups is 1. The van der Waals surface area contributed by atoms with E-state index in [-0.39, 0.29) is 12.0 Å². The number of thioether (sulfide) groups is 1. The molecule has 2 N–H and O–H groups in total. The maximum Gasteiger partial charge on any atom is 0.319 e. The predicted molar refractivity (Wildman–Crippen MR) is 107 cm³/mol. The van der Waals surface area contributed by atoms with Gasteiger partial charge in [-0.3, -0.25) is 4.79 Å². The molecule has 3 rings (SSSR count). The van der Waals surface area contributed by atoms with Gasteiger partial charge in [0.05, 0.1) is 18.3 Å². The molecule has 2 aliphatic heterocycles. The third-order valence-electron chi connectivity index (χ3n) is 4.89. The molecule has 146 valence electrons. The molecule has 2 amide bonds. The van der Waals surface area contributed by atoms with Gasteiger partial charge < -0.3 is 20.3 Å². The van der Waals surface area contributed by atoms with Gasteiger partial charge in [0, 0.05) is 30.8 Å². The number of rotatable bonds is 4. The minimum absolute atomic E-state index is 0.293. The van der Waals surface area contributed by atoms with Crippen molar-refractivity contribution < 1.29 is 14.3 Å². The van der Waals surface area contributed by atoms with Gasteiger partial charge in [-0.2, -0.15) is 11.8 Å². The third kappa shape index (κ3) is 4.58. The first-order valence-electron chi connectivity index (χ1n) is 9.34. The predicted octanol–water partition coefficient (Wildman–Crippen LogP) is 2.73. The Bertz CT molecular complexity index is 744. The molecule has 2 unspecified atom stereocenters. The van der Waals surface area contributed by atoms with Crippen molar-refractivity contribution in [2.24, 2.45) is 5.92 Å². The molecule has 7 heteroatoms. The summed E-state index contributed by atoms with van der Waals surface area (Å²) in [6.45, 7) is 7.91. The van der Waals surface area contributed by atoms with Crippen molar-refractivity contribution in [1.82, 2.24) is 15.5 Å². The minimum Gasteiger partial charge on any atom is -0.465 e. The van der Waals surface area contributed by atoms with Crippen molar-refractivity contribution in [3.05, 3.63) is 46.8 Å².